The van der Waals surface area contributed by atoms with Crippen LogP contribution >= 0.6 is 15.9 Å². The van der Waals surface area contributed by atoms with Crippen LogP contribution in [-0.2, 0) is 43.5 Å². The van der Waals surface area contributed by atoms with Crippen LogP contribution in [-0.4, -0.2) is 52.6 Å². The maximum atomic E-state index is 12.3. The Bertz CT molecular complexity index is 2140. The zero-order chi connectivity index (χ0) is 41.6. The molecular weight excluding hydrogens is 796 g/mol. The summed E-state index contributed by atoms with van der Waals surface area (Å²) in [4.78, 5) is 27.1. The summed E-state index contributed by atoms with van der Waals surface area (Å²) in [6, 6.07) is 24.5. The molecule has 6 rings (SSSR count). The number of benzene rings is 3. The van der Waals surface area contributed by atoms with Crippen LogP contribution in [0.25, 0.3) is 10.9 Å². The zero-order valence-electron chi connectivity index (χ0n) is 32.4. The molecule has 0 unspecified atom stereocenters. The molecule has 5 aromatic rings. The van der Waals surface area contributed by atoms with Gasteiger partial charge in [0.2, 0.25) is 5.76 Å². The van der Waals surface area contributed by atoms with E-state index in [1.165, 1.54) is 13.2 Å². The number of aryl methyl sites for hydroxylation is 1. The Morgan fingerprint density at radius 3 is 2.11 bits per heavy atom. The molecule has 10 nitrogen and oxygen atoms in total. The summed E-state index contributed by atoms with van der Waals surface area (Å²) in [7, 11) is 0.973. The van der Waals surface area contributed by atoms with Crippen molar-refractivity contribution in [2.75, 3.05) is 7.11 Å². The maximum absolute atomic E-state index is 12.3. The van der Waals surface area contributed by atoms with E-state index in [4.69, 9.17) is 23.6 Å². The monoisotopic (exact) mass is 840 g/mol. The van der Waals surface area contributed by atoms with E-state index in [2.05, 4.69) is 26.2 Å². The van der Waals surface area contributed by atoms with Crippen molar-refractivity contribution in [1.82, 2.24) is 10.3 Å². The molecule has 3 heterocycles. The van der Waals surface area contributed by atoms with Gasteiger partial charge in [-0.15, -0.1) is 0 Å². The lowest BCUT2D eigenvalue weighted by molar-refractivity contribution is -0.153. The molecule has 3 aromatic carbocycles. The number of carboxylic acids is 1. The van der Waals surface area contributed by atoms with Crippen molar-refractivity contribution in [3.05, 3.63) is 123 Å². The number of para-hydroxylation sites is 1. The first-order valence-corrected chi connectivity index (χ1v) is 18.3. The van der Waals surface area contributed by atoms with Gasteiger partial charge in [0.1, 0.15) is 11.3 Å². The lowest BCUT2D eigenvalue weighted by atomic mass is 9.75. The molecule has 1 saturated heterocycles. The smallest absolute Gasteiger partial charge is 0.494 e. The van der Waals surface area contributed by atoms with Crippen LogP contribution in [0.2, 0.25) is 0 Å². The van der Waals surface area contributed by atoms with E-state index in [0.29, 0.717) is 23.1 Å². The molecule has 0 aliphatic carbocycles. The number of carbonyl (C=O) groups is 2. The summed E-state index contributed by atoms with van der Waals surface area (Å²) < 4.78 is 59.6. The van der Waals surface area contributed by atoms with E-state index in [9.17, 15) is 27.9 Å². The molecule has 0 amide bonds. The molecule has 1 aliphatic heterocycles. The van der Waals surface area contributed by atoms with Gasteiger partial charge in [-0.1, -0.05) is 70.5 Å². The molecule has 0 atom stereocenters. The first-order chi connectivity index (χ1) is 26.1. The summed E-state index contributed by atoms with van der Waals surface area (Å²) in [5.74, 6) is -2.37. The first-order valence-electron chi connectivity index (χ1n) is 17.5. The number of carboxylic acid groups (broad SMARTS) is 1. The van der Waals surface area contributed by atoms with Crippen LogP contribution in [0.4, 0.5) is 13.2 Å². The highest BCUT2D eigenvalue weighted by Crippen LogP contribution is 2.37. The van der Waals surface area contributed by atoms with Gasteiger partial charge >= 0.3 is 25.2 Å². The summed E-state index contributed by atoms with van der Waals surface area (Å²) in [5.41, 5.74) is 2.17. The summed E-state index contributed by atoms with van der Waals surface area (Å²) in [5, 5.41) is 22.1. The van der Waals surface area contributed by atoms with Crippen LogP contribution in [0.5, 0.6) is 5.75 Å². The number of hydrogen-bond acceptors (Lipinski definition) is 9. The van der Waals surface area contributed by atoms with Crippen molar-refractivity contribution in [2.45, 2.75) is 84.3 Å². The molecule has 0 bridgehead atoms. The molecule has 298 valence electrons. The Balaban J connectivity index is 0.000000190. The molecular formula is C41H45BBrF3N2O8. The third-order valence-corrected chi connectivity index (χ3v) is 10.1. The fraction of sp³-hybridized carbons (Fsp3) is 0.341. The average molecular weight is 842 g/mol. The third kappa shape index (κ3) is 10.6. The number of aromatic hydroxyl groups is 1. The Hall–Kier alpha value is -4.70. The largest absolute Gasteiger partial charge is 0.505 e. The lowest BCUT2D eigenvalue weighted by Crippen LogP contribution is -2.41. The van der Waals surface area contributed by atoms with Crippen molar-refractivity contribution in [2.24, 2.45) is 0 Å². The van der Waals surface area contributed by atoms with Gasteiger partial charge in [-0.3, -0.25) is 4.79 Å². The fourth-order valence-corrected chi connectivity index (χ4v) is 5.79. The predicted octanol–water partition coefficient (Wildman–Crippen LogP) is 8.73. The Labute approximate surface area is 332 Å². The zero-order valence-corrected chi connectivity index (χ0v) is 34.0. The normalized spacial score (nSPS) is 14.7. The number of fused-ring (bicyclic) bond motifs is 1. The van der Waals surface area contributed by atoms with E-state index in [1.54, 1.807) is 31.2 Å². The number of aromatic nitrogens is 1. The Morgan fingerprint density at radius 1 is 0.911 bits per heavy atom. The minimum atomic E-state index is -4.43. The van der Waals surface area contributed by atoms with Crippen LogP contribution < -0.4 is 10.8 Å². The second-order valence-electron chi connectivity index (χ2n) is 14.6. The lowest BCUT2D eigenvalue weighted by Gasteiger charge is -2.32. The SMILES string of the molecule is COC(=O)C(C)(C)c1cccc(B2OC(C)(C)C(C)(C)O2)c1.Cc1nc2ccccc2c(C(=O)O)c1O.FC(F)(F)c1ccc(CNCc2ccc(Br)cc2)o1. The maximum Gasteiger partial charge on any atom is 0.494 e. The predicted molar refractivity (Wildman–Crippen MR) is 211 cm³/mol. The Kier molecular flexibility index (Phi) is 13.9. The quantitative estimate of drug-likeness (QED) is 0.103. The van der Waals surface area contributed by atoms with Gasteiger partial charge in [0.25, 0.3) is 0 Å². The van der Waals surface area contributed by atoms with Gasteiger partial charge in [0.15, 0.2) is 5.75 Å². The minimum Gasteiger partial charge on any atom is -0.505 e. The highest BCUT2D eigenvalue weighted by atomic mass is 79.9. The summed E-state index contributed by atoms with van der Waals surface area (Å²) >= 11 is 3.33. The number of pyridine rings is 1. The Morgan fingerprint density at radius 2 is 1.54 bits per heavy atom. The van der Waals surface area contributed by atoms with E-state index < -0.39 is 30.4 Å². The van der Waals surface area contributed by atoms with Crippen molar-refractivity contribution in [3.8, 4) is 5.75 Å². The number of ether oxygens (including phenoxy) is 1. The van der Waals surface area contributed by atoms with Gasteiger partial charge in [0, 0.05) is 16.4 Å². The van der Waals surface area contributed by atoms with Crippen LogP contribution in [0.15, 0.2) is 93.8 Å². The first kappa shape index (κ1) is 44.0. The van der Waals surface area contributed by atoms with Gasteiger partial charge < -0.3 is 34.0 Å². The van der Waals surface area contributed by atoms with E-state index >= 15 is 0 Å². The van der Waals surface area contributed by atoms with Crippen molar-refractivity contribution < 1.29 is 51.4 Å². The van der Waals surface area contributed by atoms with Gasteiger partial charge in [-0.05, 0) is 95.4 Å². The molecule has 3 N–H and O–H groups in total. The number of nitrogens with zero attached hydrogens (tertiary/aromatic N) is 1. The van der Waals surface area contributed by atoms with Crippen molar-refractivity contribution in [1.29, 1.82) is 0 Å². The van der Waals surface area contributed by atoms with Crippen molar-refractivity contribution in [3.63, 3.8) is 0 Å². The highest BCUT2D eigenvalue weighted by molar-refractivity contribution is 9.10. The minimum absolute atomic E-state index is 0.0851. The van der Waals surface area contributed by atoms with E-state index in [1.807, 2.05) is 90.1 Å². The second kappa shape index (κ2) is 17.6. The number of aromatic carboxylic acids is 1. The highest BCUT2D eigenvalue weighted by Gasteiger charge is 2.52. The van der Waals surface area contributed by atoms with E-state index in [-0.39, 0.29) is 40.8 Å². The molecule has 0 spiro atoms. The summed E-state index contributed by atoms with van der Waals surface area (Å²) in [6.45, 7) is 14.2. The van der Waals surface area contributed by atoms with Gasteiger partial charge in [-0.25, -0.2) is 9.78 Å². The fourth-order valence-electron chi connectivity index (χ4n) is 5.52. The molecule has 1 aliphatic rings. The van der Waals surface area contributed by atoms with Crippen LogP contribution in [0.1, 0.15) is 80.2 Å². The molecule has 0 saturated carbocycles. The van der Waals surface area contributed by atoms with Gasteiger partial charge in [-0.2, -0.15) is 13.2 Å². The number of carbonyl (C=O) groups excluding carboxylic acids is 1. The number of esters is 1. The number of nitrogens with one attached hydrogen (secondary N) is 1. The molecule has 2 aromatic heterocycles. The number of hydrogen-bond donors (Lipinski definition) is 3. The number of halogens is 4. The average Bonchev–Trinajstić information content (AvgIpc) is 3.70. The number of methoxy groups -OCH3 is 1. The van der Waals surface area contributed by atoms with Gasteiger partial charge in [0.05, 0.1) is 41.5 Å². The van der Waals surface area contributed by atoms with Crippen molar-refractivity contribution >= 4 is 51.4 Å². The number of rotatable bonds is 8. The molecule has 56 heavy (non-hydrogen) atoms. The molecule has 0 radical (unpaired) electrons. The van der Waals surface area contributed by atoms with Crippen LogP contribution in [0.3, 0.4) is 0 Å². The topological polar surface area (TPSA) is 140 Å². The molecule has 15 heteroatoms. The standard InChI is InChI=1S/C17H25BO4.C13H11BrF3NO.C11H9NO3/c1-15(2,14(19)20-7)12-9-8-10-13(11-12)18-21-16(3,4)17(5,6)22-18;14-10-3-1-9(2-4-10)7-18-8-11-5-6-12(19-11)13(15,16)17;1-6-10(13)9(11(14)15)7-4-2-3-5-8(7)12-6/h8-11H,1-7H3;1-6,18H,7-8H2;2-5,13H,1H3,(H,14,15). The molecule has 1 fully saturated rings. The second-order valence-corrected chi connectivity index (χ2v) is 15.5. The summed E-state index contributed by atoms with van der Waals surface area (Å²) in [6.07, 6.45) is -4.43. The third-order valence-electron chi connectivity index (χ3n) is 9.57. The number of furan rings is 1. The number of alkyl halides is 3. The van der Waals surface area contributed by atoms with Crippen LogP contribution in [0, 0.1) is 6.92 Å². The van der Waals surface area contributed by atoms with E-state index in [0.717, 1.165) is 27.1 Å².